The van der Waals surface area contributed by atoms with Crippen molar-refractivity contribution < 1.29 is 39.7 Å². The second-order valence-corrected chi connectivity index (χ2v) is 16.5. The van der Waals surface area contributed by atoms with Gasteiger partial charge in [0.25, 0.3) is 8.32 Å². The number of carbonyl (C=O) groups is 1. The molecule has 0 heterocycles. The van der Waals surface area contributed by atoms with Gasteiger partial charge in [0.05, 0.1) is 12.7 Å². The van der Waals surface area contributed by atoms with Crippen molar-refractivity contribution >= 4 is 34.8 Å². The van der Waals surface area contributed by atoms with Gasteiger partial charge < -0.3 is 13.3 Å². The van der Waals surface area contributed by atoms with Gasteiger partial charge in [0.15, 0.2) is 0 Å². The van der Waals surface area contributed by atoms with Crippen LogP contribution < -0.4 is 10.4 Å². The number of halogens is 3. The van der Waals surface area contributed by atoms with E-state index in [2.05, 4.69) is 49.2 Å². The maximum atomic E-state index is 12.8. The monoisotopic (exact) mass is 584 g/mol. The number of esters is 1. The van der Waals surface area contributed by atoms with E-state index >= 15 is 0 Å². The number of allylic oxidation sites excluding steroid dienone is 1. The maximum absolute atomic E-state index is 12.8. The third kappa shape index (κ3) is 6.93. The van der Waals surface area contributed by atoms with E-state index in [1.54, 1.807) is 0 Å². The predicted molar refractivity (Wildman–Crippen MR) is 145 cm³/mol. The molecule has 6 nitrogen and oxygen atoms in total. The zero-order valence-corrected chi connectivity index (χ0v) is 24.4. The van der Waals surface area contributed by atoms with E-state index in [1.807, 2.05) is 36.4 Å². The van der Waals surface area contributed by atoms with Crippen LogP contribution in [0.25, 0.3) is 0 Å². The Morgan fingerprint density at radius 2 is 1.51 bits per heavy atom. The molecule has 3 rings (SSSR count). The average Bonchev–Trinajstić information content (AvgIpc) is 2.88. The van der Waals surface area contributed by atoms with Crippen LogP contribution in [0.15, 0.2) is 72.0 Å². The molecule has 0 saturated carbocycles. The number of benzene rings is 2. The Bertz CT molecular complexity index is 1220. The van der Waals surface area contributed by atoms with Gasteiger partial charge in [-0.2, -0.15) is 21.6 Å². The molecular weight excluding hydrogens is 549 g/mol. The lowest BCUT2D eigenvalue weighted by atomic mass is 9.85. The van der Waals surface area contributed by atoms with Crippen LogP contribution >= 0.6 is 0 Å². The summed E-state index contributed by atoms with van der Waals surface area (Å²) in [5.74, 6) is -1.46. The Hall–Kier alpha value is -2.63. The number of methoxy groups -OCH3 is 1. The topological polar surface area (TPSA) is 78.9 Å². The highest BCUT2D eigenvalue weighted by atomic mass is 32.2. The molecule has 0 N–H and O–H groups in total. The first-order valence-electron chi connectivity index (χ1n) is 12.8. The fraction of sp³-hybridized carbons (Fsp3) is 0.464. The van der Waals surface area contributed by atoms with E-state index < -0.39 is 35.7 Å². The summed E-state index contributed by atoms with van der Waals surface area (Å²) in [6.07, 6.45) is 1.62. The van der Waals surface area contributed by atoms with Gasteiger partial charge in [0.1, 0.15) is 5.76 Å². The van der Waals surface area contributed by atoms with Crippen LogP contribution in [-0.4, -0.2) is 41.9 Å². The largest absolute Gasteiger partial charge is 0.534 e. The molecule has 214 valence electrons. The van der Waals surface area contributed by atoms with Crippen LogP contribution in [0.4, 0.5) is 13.2 Å². The van der Waals surface area contributed by atoms with Crippen LogP contribution in [-0.2, 0) is 28.3 Å². The van der Waals surface area contributed by atoms with Crippen LogP contribution in [0.2, 0.25) is 5.04 Å². The SMILES string of the molecule is COC(=O)C1=C(OS(=O)(=O)C(F)(F)F)CC[C@@H](CCCO[Si](c2ccccc2)(c2ccccc2)C(C)(C)C)C1. The molecule has 1 aliphatic rings. The number of ether oxygens (including phenoxy) is 1. The maximum Gasteiger partial charge on any atom is 0.534 e. The standard InChI is InChI=1S/C28H35F3O6SSi/c1-27(2,3)39(22-13-7-5-8-14-22,23-15-9-6-10-16-23)36-19-11-12-21-17-18-25(24(20-21)26(32)35-4)37-38(33,34)28(29,30)31/h5-10,13-16,21H,11-12,17-20H2,1-4H3/t21-/m1/s1. The van der Waals surface area contributed by atoms with Gasteiger partial charge in [-0.25, -0.2) is 4.79 Å². The smallest absolute Gasteiger partial charge is 0.466 e. The summed E-state index contributed by atoms with van der Waals surface area (Å²) >= 11 is 0. The van der Waals surface area contributed by atoms with E-state index in [0.29, 0.717) is 25.9 Å². The van der Waals surface area contributed by atoms with Crippen LogP contribution in [0.1, 0.15) is 52.9 Å². The first-order valence-corrected chi connectivity index (χ1v) is 16.1. The third-order valence-electron chi connectivity index (χ3n) is 7.03. The molecule has 0 saturated heterocycles. The van der Waals surface area contributed by atoms with Gasteiger partial charge in [-0.05, 0) is 47.0 Å². The molecule has 0 unspecified atom stereocenters. The Morgan fingerprint density at radius 1 is 0.974 bits per heavy atom. The Labute approximate surface area is 229 Å². The molecule has 1 aliphatic carbocycles. The second kappa shape index (κ2) is 12.3. The minimum Gasteiger partial charge on any atom is -0.466 e. The van der Waals surface area contributed by atoms with E-state index in [4.69, 9.17) is 9.16 Å². The van der Waals surface area contributed by atoms with Crippen molar-refractivity contribution in [3.63, 3.8) is 0 Å². The van der Waals surface area contributed by atoms with Crippen molar-refractivity contribution in [2.45, 2.75) is 63.4 Å². The molecule has 11 heteroatoms. The zero-order chi connectivity index (χ0) is 28.9. The Kier molecular flexibility index (Phi) is 9.72. The average molecular weight is 585 g/mol. The molecule has 2 aromatic carbocycles. The highest BCUT2D eigenvalue weighted by Crippen LogP contribution is 2.39. The minimum atomic E-state index is -5.87. The molecule has 1 atom stereocenters. The number of hydrogen-bond acceptors (Lipinski definition) is 6. The molecule has 0 aliphatic heterocycles. The van der Waals surface area contributed by atoms with Gasteiger partial charge in [-0.3, -0.25) is 0 Å². The lowest BCUT2D eigenvalue weighted by Gasteiger charge is -2.43. The molecule has 0 fully saturated rings. The van der Waals surface area contributed by atoms with Gasteiger partial charge in [0.2, 0.25) is 0 Å². The van der Waals surface area contributed by atoms with E-state index in [9.17, 15) is 26.4 Å². The fourth-order valence-corrected chi connectivity index (χ4v) is 10.3. The quantitative estimate of drug-likeness (QED) is 0.122. The van der Waals surface area contributed by atoms with Crippen molar-refractivity contribution in [3.05, 3.63) is 72.0 Å². The first kappa shape index (κ1) is 30.9. The molecule has 0 radical (unpaired) electrons. The lowest BCUT2D eigenvalue weighted by Crippen LogP contribution is -2.66. The van der Waals surface area contributed by atoms with E-state index in [1.165, 1.54) is 0 Å². The number of rotatable bonds is 10. The highest BCUT2D eigenvalue weighted by molar-refractivity contribution is 7.87. The van der Waals surface area contributed by atoms with Crippen LogP contribution in [0, 0.1) is 5.92 Å². The number of carbonyl (C=O) groups excluding carboxylic acids is 1. The van der Waals surface area contributed by atoms with Gasteiger partial charge in [-0.15, -0.1) is 0 Å². The summed E-state index contributed by atoms with van der Waals surface area (Å²) in [5, 5.41) is 2.13. The van der Waals surface area contributed by atoms with Gasteiger partial charge in [0, 0.05) is 13.0 Å². The summed E-state index contributed by atoms with van der Waals surface area (Å²) in [6.45, 7) is 7.01. The minimum absolute atomic E-state index is 0.0641. The van der Waals surface area contributed by atoms with Crippen molar-refractivity contribution in [2.24, 2.45) is 5.92 Å². The summed E-state index contributed by atoms with van der Waals surface area (Å²) in [6, 6.07) is 20.4. The predicted octanol–water partition coefficient (Wildman–Crippen LogP) is 5.44. The normalized spacial score (nSPS) is 17.2. The third-order valence-corrected chi connectivity index (χ3v) is 13.1. The number of alkyl halides is 3. The van der Waals surface area contributed by atoms with Gasteiger partial charge in [-0.1, -0.05) is 81.4 Å². The highest BCUT2D eigenvalue weighted by Gasteiger charge is 2.51. The van der Waals surface area contributed by atoms with Crippen LogP contribution in [0.5, 0.6) is 0 Å². The lowest BCUT2D eigenvalue weighted by molar-refractivity contribution is -0.136. The number of hydrogen-bond donors (Lipinski definition) is 0. The summed E-state index contributed by atoms with van der Waals surface area (Å²) < 4.78 is 77.5. The Morgan fingerprint density at radius 3 is 1.97 bits per heavy atom. The zero-order valence-electron chi connectivity index (χ0n) is 22.6. The molecule has 0 amide bonds. The van der Waals surface area contributed by atoms with Crippen LogP contribution in [0.3, 0.4) is 0 Å². The first-order chi connectivity index (χ1) is 18.2. The van der Waals surface area contributed by atoms with Crippen molar-refractivity contribution in [1.82, 2.24) is 0 Å². The molecule has 0 aromatic heterocycles. The molecule has 2 aromatic rings. The fourth-order valence-electron chi connectivity index (χ4n) is 5.19. The second-order valence-electron chi connectivity index (χ2n) is 10.6. The molecule has 39 heavy (non-hydrogen) atoms. The molecular formula is C28H35F3O6SSi. The summed E-state index contributed by atoms with van der Waals surface area (Å²) in [5.41, 5.74) is -5.76. The van der Waals surface area contributed by atoms with E-state index in [0.717, 1.165) is 17.5 Å². The summed E-state index contributed by atoms with van der Waals surface area (Å²) in [4.78, 5) is 12.3. The molecule has 0 bridgehead atoms. The van der Waals surface area contributed by atoms with E-state index in [-0.39, 0.29) is 29.4 Å². The molecule has 0 spiro atoms. The van der Waals surface area contributed by atoms with Crippen molar-refractivity contribution in [2.75, 3.05) is 13.7 Å². The summed E-state index contributed by atoms with van der Waals surface area (Å²) in [7, 11) is -7.49. The van der Waals surface area contributed by atoms with Crippen molar-refractivity contribution in [3.8, 4) is 0 Å². The Balaban J connectivity index is 1.77. The van der Waals surface area contributed by atoms with Gasteiger partial charge >= 0.3 is 21.6 Å². The van der Waals surface area contributed by atoms with Crippen molar-refractivity contribution in [1.29, 1.82) is 0 Å².